The highest BCUT2D eigenvalue weighted by Crippen LogP contribution is 2.15. The molecule has 2 heterocycles. The summed E-state index contributed by atoms with van der Waals surface area (Å²) in [6.45, 7) is 1.75. The third-order valence-electron chi connectivity index (χ3n) is 3.22. The van der Waals surface area contributed by atoms with Crippen molar-refractivity contribution in [3.63, 3.8) is 0 Å². The summed E-state index contributed by atoms with van der Waals surface area (Å²) in [5.41, 5.74) is 4.92. The molecule has 1 atom stereocenters. The van der Waals surface area contributed by atoms with Gasteiger partial charge in [-0.25, -0.2) is 10.1 Å². The summed E-state index contributed by atoms with van der Waals surface area (Å²) in [5.74, 6) is -0.263. The first-order valence-corrected chi connectivity index (χ1v) is 6.78. The first-order valence-electron chi connectivity index (χ1n) is 6.78. The zero-order valence-electron chi connectivity index (χ0n) is 11.9. The Morgan fingerprint density at radius 3 is 2.86 bits per heavy atom. The number of carbonyl (C=O) groups excluding carboxylic acids is 1. The van der Waals surface area contributed by atoms with Gasteiger partial charge in [0.1, 0.15) is 11.6 Å². The number of hydrogen-bond donors (Lipinski definition) is 1. The lowest BCUT2D eigenvalue weighted by Gasteiger charge is -2.10. The second-order valence-electron chi connectivity index (χ2n) is 4.71. The zero-order valence-corrected chi connectivity index (χ0v) is 11.9. The van der Waals surface area contributed by atoms with Gasteiger partial charge in [-0.05, 0) is 36.8 Å². The monoisotopic (exact) mass is 294 g/mol. The molecular formula is C15H14N6O. The van der Waals surface area contributed by atoms with Crippen LogP contribution in [0, 0.1) is 0 Å². The molecule has 0 aliphatic rings. The Hall–Kier alpha value is -3.09. The molecule has 110 valence electrons. The summed E-state index contributed by atoms with van der Waals surface area (Å²) in [5, 5.41) is 12.0. The number of nitrogens with zero attached hydrogens (tertiary/aromatic N) is 5. The Bertz CT molecular complexity index is 811. The quantitative estimate of drug-likeness (QED) is 0.584. The van der Waals surface area contributed by atoms with Crippen LogP contribution in [0.2, 0.25) is 0 Å². The Morgan fingerprint density at radius 2 is 2.05 bits per heavy atom. The molecule has 7 nitrogen and oxygen atoms in total. The lowest BCUT2D eigenvalue weighted by atomic mass is 10.3. The van der Waals surface area contributed by atoms with Gasteiger partial charge in [-0.1, -0.05) is 17.3 Å². The normalized spacial score (nSPS) is 12.6. The molecule has 1 amide bonds. The van der Waals surface area contributed by atoms with Crippen LogP contribution in [0.15, 0.2) is 53.9 Å². The number of hydrogen-bond acceptors (Lipinski definition) is 5. The van der Waals surface area contributed by atoms with Crippen molar-refractivity contribution in [2.24, 2.45) is 5.10 Å². The van der Waals surface area contributed by atoms with E-state index < -0.39 is 6.04 Å². The van der Waals surface area contributed by atoms with Gasteiger partial charge >= 0.3 is 0 Å². The fourth-order valence-corrected chi connectivity index (χ4v) is 2.00. The second kappa shape index (κ2) is 6.13. The molecule has 3 rings (SSSR count). The molecule has 0 unspecified atom stereocenters. The molecular weight excluding hydrogens is 280 g/mol. The van der Waals surface area contributed by atoms with E-state index in [1.807, 2.05) is 24.3 Å². The third-order valence-corrected chi connectivity index (χ3v) is 3.22. The third kappa shape index (κ3) is 2.83. The van der Waals surface area contributed by atoms with Crippen LogP contribution in [0.1, 0.15) is 18.5 Å². The number of rotatable bonds is 4. The topological polar surface area (TPSA) is 85.1 Å². The predicted octanol–water partition coefficient (Wildman–Crippen LogP) is 1.54. The van der Waals surface area contributed by atoms with Crippen LogP contribution >= 0.6 is 0 Å². The Balaban J connectivity index is 1.71. The van der Waals surface area contributed by atoms with Crippen molar-refractivity contribution >= 4 is 23.2 Å². The van der Waals surface area contributed by atoms with Crippen molar-refractivity contribution in [3.8, 4) is 0 Å². The summed E-state index contributed by atoms with van der Waals surface area (Å²) in [6.07, 6.45) is 4.88. The van der Waals surface area contributed by atoms with Crippen LogP contribution in [0.4, 0.5) is 0 Å². The molecule has 1 aromatic carbocycles. The van der Waals surface area contributed by atoms with Gasteiger partial charge in [0.05, 0.1) is 11.7 Å². The summed E-state index contributed by atoms with van der Waals surface area (Å²) >= 11 is 0. The highest BCUT2D eigenvalue weighted by Gasteiger charge is 2.17. The van der Waals surface area contributed by atoms with E-state index in [1.165, 1.54) is 0 Å². The van der Waals surface area contributed by atoms with Gasteiger partial charge in [0.2, 0.25) is 0 Å². The van der Waals surface area contributed by atoms with Gasteiger partial charge in [0.15, 0.2) is 0 Å². The number of para-hydroxylation sites is 1. The van der Waals surface area contributed by atoms with Crippen molar-refractivity contribution in [2.45, 2.75) is 13.0 Å². The second-order valence-corrected chi connectivity index (χ2v) is 4.71. The van der Waals surface area contributed by atoms with E-state index in [0.29, 0.717) is 0 Å². The fourth-order valence-electron chi connectivity index (χ4n) is 2.00. The van der Waals surface area contributed by atoms with Crippen LogP contribution < -0.4 is 5.43 Å². The maximum Gasteiger partial charge on any atom is 0.264 e. The van der Waals surface area contributed by atoms with Crippen molar-refractivity contribution in [2.75, 3.05) is 0 Å². The predicted molar refractivity (Wildman–Crippen MR) is 82.2 cm³/mol. The lowest BCUT2D eigenvalue weighted by molar-refractivity contribution is -0.124. The van der Waals surface area contributed by atoms with Crippen molar-refractivity contribution in [3.05, 3.63) is 54.4 Å². The molecule has 0 fully saturated rings. The largest absolute Gasteiger partial charge is 0.271 e. The molecule has 0 aliphatic carbocycles. The van der Waals surface area contributed by atoms with Gasteiger partial charge in [-0.3, -0.25) is 9.78 Å². The number of nitrogens with one attached hydrogen (secondary N) is 1. The molecule has 22 heavy (non-hydrogen) atoms. The number of pyridine rings is 1. The van der Waals surface area contributed by atoms with E-state index in [1.54, 1.807) is 42.3 Å². The smallest absolute Gasteiger partial charge is 0.264 e. The number of amides is 1. The summed E-state index contributed by atoms with van der Waals surface area (Å²) in [6, 6.07) is 10.6. The highest BCUT2D eigenvalue weighted by molar-refractivity contribution is 5.85. The summed E-state index contributed by atoms with van der Waals surface area (Å²) in [7, 11) is 0. The molecule has 0 radical (unpaired) electrons. The van der Waals surface area contributed by atoms with Gasteiger partial charge in [-0.15, -0.1) is 5.10 Å². The standard InChI is InChI=1S/C15H14N6O/c1-11(21-14-5-3-2-4-13(14)18-20-21)15(22)19-17-10-12-6-8-16-9-7-12/h2-11H,1H3,(H,19,22)/b17-10-/t11-/m1/s1. The van der Waals surface area contributed by atoms with E-state index in [2.05, 4.69) is 25.8 Å². The van der Waals surface area contributed by atoms with Crippen molar-refractivity contribution < 1.29 is 4.79 Å². The Labute approximate surface area is 126 Å². The fraction of sp³-hybridized carbons (Fsp3) is 0.133. The molecule has 0 saturated carbocycles. The SMILES string of the molecule is C[C@H](C(=O)N/N=C\c1ccncc1)n1nnc2ccccc21. The molecule has 0 saturated heterocycles. The molecule has 0 aliphatic heterocycles. The van der Waals surface area contributed by atoms with Crippen molar-refractivity contribution in [1.29, 1.82) is 0 Å². The first-order chi connectivity index (χ1) is 10.8. The first kappa shape index (κ1) is 13.9. The minimum absolute atomic E-state index is 0.263. The van der Waals surface area contributed by atoms with Crippen LogP contribution in [-0.4, -0.2) is 32.1 Å². The highest BCUT2D eigenvalue weighted by atomic mass is 16.2. The molecule has 1 N–H and O–H groups in total. The van der Waals surface area contributed by atoms with Crippen molar-refractivity contribution in [1.82, 2.24) is 25.4 Å². The molecule has 7 heteroatoms. The summed E-state index contributed by atoms with van der Waals surface area (Å²) < 4.78 is 1.58. The molecule has 0 bridgehead atoms. The minimum atomic E-state index is -0.512. The lowest BCUT2D eigenvalue weighted by Crippen LogP contribution is -2.28. The number of carbonyl (C=O) groups is 1. The molecule has 2 aromatic heterocycles. The van der Waals surface area contributed by atoms with Gasteiger partial charge in [0, 0.05) is 12.4 Å². The van der Waals surface area contributed by atoms with Gasteiger partial charge in [0.25, 0.3) is 5.91 Å². The van der Waals surface area contributed by atoms with E-state index in [-0.39, 0.29) is 5.91 Å². The maximum atomic E-state index is 12.1. The van der Waals surface area contributed by atoms with Crippen LogP contribution in [-0.2, 0) is 4.79 Å². The number of hydrazone groups is 1. The van der Waals surface area contributed by atoms with Crippen LogP contribution in [0.25, 0.3) is 11.0 Å². The number of fused-ring (bicyclic) bond motifs is 1. The average molecular weight is 294 g/mol. The molecule has 0 spiro atoms. The van der Waals surface area contributed by atoms with Gasteiger partial charge < -0.3 is 0 Å². The maximum absolute atomic E-state index is 12.1. The number of benzene rings is 1. The zero-order chi connectivity index (χ0) is 15.4. The van der Waals surface area contributed by atoms with Crippen LogP contribution in [0.3, 0.4) is 0 Å². The minimum Gasteiger partial charge on any atom is -0.271 e. The van der Waals surface area contributed by atoms with E-state index in [9.17, 15) is 4.79 Å². The van der Waals surface area contributed by atoms with E-state index >= 15 is 0 Å². The van der Waals surface area contributed by atoms with Gasteiger partial charge in [-0.2, -0.15) is 5.10 Å². The molecule has 3 aromatic rings. The number of aromatic nitrogens is 4. The van der Waals surface area contributed by atoms with E-state index in [4.69, 9.17) is 0 Å². The summed E-state index contributed by atoms with van der Waals surface area (Å²) in [4.78, 5) is 16.1. The van der Waals surface area contributed by atoms with Crippen LogP contribution in [0.5, 0.6) is 0 Å². The Kier molecular flexibility index (Phi) is 3.86. The Morgan fingerprint density at radius 1 is 1.27 bits per heavy atom. The average Bonchev–Trinajstić information content (AvgIpc) is 2.99. The van der Waals surface area contributed by atoms with E-state index in [0.717, 1.165) is 16.6 Å².